The van der Waals surface area contributed by atoms with E-state index in [-0.39, 0.29) is 5.82 Å². The van der Waals surface area contributed by atoms with Crippen molar-refractivity contribution in [2.75, 3.05) is 46.3 Å². The van der Waals surface area contributed by atoms with E-state index in [1.807, 2.05) is 0 Å². The third-order valence-electron chi connectivity index (χ3n) is 3.45. The molecule has 0 spiro atoms. The molecular weight excluding hydrogens is 265 g/mol. The minimum absolute atomic E-state index is 0.275. The van der Waals surface area contributed by atoms with Gasteiger partial charge in [-0.3, -0.25) is 4.90 Å². The summed E-state index contributed by atoms with van der Waals surface area (Å²) in [5.74, 6) is -0.275. The fraction of sp³-hybridized carbons (Fsp3) is 0.571. The predicted octanol–water partition coefficient (Wildman–Crippen LogP) is 1.82. The molecule has 0 radical (unpaired) electrons. The molecule has 1 heterocycles. The average molecular weight is 286 g/mol. The number of benzene rings is 1. The Bertz CT molecular complexity index is 385. The molecule has 19 heavy (non-hydrogen) atoms. The van der Waals surface area contributed by atoms with Gasteiger partial charge in [0.15, 0.2) is 0 Å². The summed E-state index contributed by atoms with van der Waals surface area (Å²) in [6.45, 7) is 7.15. The third-order valence-corrected chi connectivity index (χ3v) is 3.67. The molecule has 1 saturated heterocycles. The van der Waals surface area contributed by atoms with Crippen molar-refractivity contribution in [1.29, 1.82) is 0 Å². The fourth-order valence-corrected chi connectivity index (χ4v) is 2.50. The quantitative estimate of drug-likeness (QED) is 0.833. The molecule has 1 fully saturated rings. The van der Waals surface area contributed by atoms with Gasteiger partial charge in [0.25, 0.3) is 0 Å². The van der Waals surface area contributed by atoms with Crippen LogP contribution >= 0.6 is 11.6 Å². The van der Waals surface area contributed by atoms with E-state index in [0.717, 1.165) is 44.8 Å². The summed E-state index contributed by atoms with van der Waals surface area (Å²) in [7, 11) is 2.16. The molecule has 0 amide bonds. The van der Waals surface area contributed by atoms with Gasteiger partial charge in [-0.1, -0.05) is 11.6 Å². The van der Waals surface area contributed by atoms with Crippen molar-refractivity contribution in [3.8, 4) is 0 Å². The monoisotopic (exact) mass is 285 g/mol. The van der Waals surface area contributed by atoms with E-state index in [9.17, 15) is 4.39 Å². The molecule has 106 valence electrons. The standard InChI is InChI=1S/C14H21ClFN3/c1-18-4-6-19(7-5-18)3-2-17-11-12-8-13(15)10-14(16)9-12/h8-10,17H,2-7,11H2,1H3. The van der Waals surface area contributed by atoms with Gasteiger partial charge in [-0.2, -0.15) is 0 Å². The zero-order valence-electron chi connectivity index (χ0n) is 11.3. The van der Waals surface area contributed by atoms with Crippen LogP contribution in [-0.2, 0) is 6.54 Å². The zero-order valence-corrected chi connectivity index (χ0v) is 12.1. The first-order valence-electron chi connectivity index (χ1n) is 6.70. The van der Waals surface area contributed by atoms with Crippen molar-refractivity contribution >= 4 is 11.6 Å². The highest BCUT2D eigenvalue weighted by molar-refractivity contribution is 6.30. The van der Waals surface area contributed by atoms with Crippen LogP contribution in [-0.4, -0.2) is 56.1 Å². The molecule has 0 saturated carbocycles. The zero-order chi connectivity index (χ0) is 13.7. The molecule has 5 heteroatoms. The number of halogens is 2. The number of piperazine rings is 1. The van der Waals surface area contributed by atoms with Crippen molar-refractivity contribution in [1.82, 2.24) is 15.1 Å². The Morgan fingerprint density at radius 3 is 2.63 bits per heavy atom. The summed E-state index contributed by atoms with van der Waals surface area (Å²) < 4.78 is 13.1. The van der Waals surface area contributed by atoms with Crippen LogP contribution in [0, 0.1) is 5.82 Å². The van der Waals surface area contributed by atoms with Gasteiger partial charge in [0.1, 0.15) is 5.82 Å². The molecule has 1 aliphatic heterocycles. The van der Waals surface area contributed by atoms with Crippen molar-refractivity contribution in [3.05, 3.63) is 34.6 Å². The molecular formula is C14H21ClFN3. The van der Waals surface area contributed by atoms with Crippen molar-refractivity contribution in [2.24, 2.45) is 0 Å². The second kappa shape index (κ2) is 7.20. The Labute approximate surface area is 119 Å². The number of likely N-dealkylation sites (N-methyl/N-ethyl adjacent to an activating group) is 1. The minimum Gasteiger partial charge on any atom is -0.311 e. The van der Waals surface area contributed by atoms with E-state index in [1.54, 1.807) is 6.07 Å². The summed E-state index contributed by atoms with van der Waals surface area (Å²) in [5, 5.41) is 3.79. The van der Waals surface area contributed by atoms with E-state index in [4.69, 9.17) is 11.6 Å². The lowest BCUT2D eigenvalue weighted by atomic mass is 10.2. The topological polar surface area (TPSA) is 18.5 Å². The second-order valence-corrected chi connectivity index (χ2v) is 5.54. The normalized spacial score (nSPS) is 17.8. The average Bonchev–Trinajstić information content (AvgIpc) is 2.36. The van der Waals surface area contributed by atoms with Gasteiger partial charge in [-0.05, 0) is 30.8 Å². The molecule has 3 nitrogen and oxygen atoms in total. The van der Waals surface area contributed by atoms with Gasteiger partial charge < -0.3 is 10.2 Å². The molecule has 0 unspecified atom stereocenters. The highest BCUT2D eigenvalue weighted by Gasteiger charge is 2.12. The van der Waals surface area contributed by atoms with Crippen LogP contribution in [0.1, 0.15) is 5.56 Å². The molecule has 1 N–H and O–H groups in total. The number of nitrogens with zero attached hydrogens (tertiary/aromatic N) is 2. The van der Waals surface area contributed by atoms with Crippen LogP contribution in [0.15, 0.2) is 18.2 Å². The molecule has 2 rings (SSSR count). The van der Waals surface area contributed by atoms with Gasteiger partial charge >= 0.3 is 0 Å². The molecule has 0 atom stereocenters. The van der Waals surface area contributed by atoms with Gasteiger partial charge in [0.2, 0.25) is 0 Å². The lowest BCUT2D eigenvalue weighted by molar-refractivity contribution is 0.154. The van der Waals surface area contributed by atoms with Crippen molar-refractivity contribution in [3.63, 3.8) is 0 Å². The van der Waals surface area contributed by atoms with Crippen LogP contribution in [0.3, 0.4) is 0 Å². The molecule has 0 bridgehead atoms. The van der Waals surface area contributed by atoms with Crippen molar-refractivity contribution < 1.29 is 4.39 Å². The van der Waals surface area contributed by atoms with Crippen LogP contribution in [0.25, 0.3) is 0 Å². The van der Waals surface area contributed by atoms with Crippen LogP contribution < -0.4 is 5.32 Å². The summed E-state index contributed by atoms with van der Waals surface area (Å²) in [5.41, 5.74) is 0.892. The SMILES string of the molecule is CN1CCN(CCNCc2cc(F)cc(Cl)c2)CC1. The summed E-state index contributed by atoms with van der Waals surface area (Å²) in [6, 6.07) is 4.65. The van der Waals surface area contributed by atoms with E-state index in [1.165, 1.54) is 12.1 Å². The first kappa shape index (κ1) is 14.7. The maximum Gasteiger partial charge on any atom is 0.125 e. The molecule has 0 aromatic heterocycles. The Balaban J connectivity index is 1.66. The predicted molar refractivity (Wildman–Crippen MR) is 77.1 cm³/mol. The van der Waals surface area contributed by atoms with E-state index in [2.05, 4.69) is 22.2 Å². The highest BCUT2D eigenvalue weighted by Crippen LogP contribution is 2.13. The lowest BCUT2D eigenvalue weighted by Gasteiger charge is -2.32. The largest absolute Gasteiger partial charge is 0.311 e. The van der Waals surface area contributed by atoms with E-state index in [0.29, 0.717) is 11.6 Å². The minimum atomic E-state index is -0.275. The number of nitrogens with one attached hydrogen (secondary N) is 1. The Kier molecular flexibility index (Phi) is 5.58. The van der Waals surface area contributed by atoms with Crippen LogP contribution in [0.5, 0.6) is 0 Å². The Morgan fingerprint density at radius 2 is 1.95 bits per heavy atom. The third kappa shape index (κ3) is 5.07. The number of hydrogen-bond donors (Lipinski definition) is 1. The summed E-state index contributed by atoms with van der Waals surface area (Å²) in [4.78, 5) is 4.80. The van der Waals surface area contributed by atoms with Gasteiger partial charge in [-0.15, -0.1) is 0 Å². The summed E-state index contributed by atoms with van der Waals surface area (Å²) in [6.07, 6.45) is 0. The van der Waals surface area contributed by atoms with Gasteiger partial charge in [-0.25, -0.2) is 4.39 Å². The molecule has 1 aromatic rings. The number of hydrogen-bond acceptors (Lipinski definition) is 3. The highest BCUT2D eigenvalue weighted by atomic mass is 35.5. The molecule has 0 aliphatic carbocycles. The van der Waals surface area contributed by atoms with Crippen LogP contribution in [0.4, 0.5) is 4.39 Å². The first-order chi connectivity index (χ1) is 9.13. The lowest BCUT2D eigenvalue weighted by Crippen LogP contribution is -2.46. The fourth-order valence-electron chi connectivity index (χ4n) is 2.25. The van der Waals surface area contributed by atoms with Gasteiger partial charge in [0, 0.05) is 50.8 Å². The second-order valence-electron chi connectivity index (χ2n) is 5.10. The van der Waals surface area contributed by atoms with E-state index >= 15 is 0 Å². The Morgan fingerprint density at radius 1 is 1.21 bits per heavy atom. The van der Waals surface area contributed by atoms with Crippen LogP contribution in [0.2, 0.25) is 5.02 Å². The van der Waals surface area contributed by atoms with Gasteiger partial charge in [0.05, 0.1) is 0 Å². The summed E-state index contributed by atoms with van der Waals surface area (Å²) >= 11 is 5.82. The van der Waals surface area contributed by atoms with Crippen molar-refractivity contribution in [2.45, 2.75) is 6.54 Å². The smallest absolute Gasteiger partial charge is 0.125 e. The maximum atomic E-state index is 13.1. The first-order valence-corrected chi connectivity index (χ1v) is 7.08. The van der Waals surface area contributed by atoms with E-state index < -0.39 is 0 Å². The number of rotatable bonds is 5. The Hall–Kier alpha value is -0.680. The molecule has 1 aliphatic rings. The molecule has 1 aromatic carbocycles. The maximum absolute atomic E-state index is 13.1.